The van der Waals surface area contributed by atoms with Crippen molar-refractivity contribution in [2.24, 2.45) is 5.92 Å². The normalized spacial score (nSPS) is 24.9. The maximum Gasteiger partial charge on any atom is 0.387 e. The Morgan fingerprint density at radius 3 is 2.43 bits per heavy atom. The minimum atomic E-state index is -2.88. The Hall–Kier alpha value is -2.27. The fourth-order valence-corrected chi connectivity index (χ4v) is 4.81. The number of hydrogen-bond donors (Lipinski definition) is 0. The maximum atomic E-state index is 13.1. The van der Waals surface area contributed by atoms with E-state index >= 15 is 0 Å². The lowest BCUT2D eigenvalue weighted by atomic mass is 9.75. The summed E-state index contributed by atoms with van der Waals surface area (Å²) in [6.45, 7) is -1.96. The number of hydrogen-bond acceptors (Lipinski definition) is 3. The van der Waals surface area contributed by atoms with Crippen molar-refractivity contribution in [3.05, 3.63) is 65.7 Å². The van der Waals surface area contributed by atoms with Crippen LogP contribution in [0.1, 0.15) is 48.0 Å². The molecule has 2 fully saturated rings. The van der Waals surface area contributed by atoms with Gasteiger partial charge in [-0.15, -0.1) is 0 Å². The molecule has 148 valence electrons. The Labute approximate surface area is 164 Å². The summed E-state index contributed by atoms with van der Waals surface area (Å²) in [4.78, 5) is 15.6. The Morgan fingerprint density at radius 1 is 1.04 bits per heavy atom. The van der Waals surface area contributed by atoms with Crippen LogP contribution in [0.25, 0.3) is 0 Å². The van der Waals surface area contributed by atoms with Gasteiger partial charge in [0.2, 0.25) is 0 Å². The quantitative estimate of drug-likeness (QED) is 0.632. The minimum absolute atomic E-state index is 0.0440. The molecular formula is C23H25F2NO2. The molecule has 0 N–H and O–H groups in total. The number of halogens is 2. The predicted molar refractivity (Wildman–Crippen MR) is 104 cm³/mol. The maximum absolute atomic E-state index is 13.1. The summed E-state index contributed by atoms with van der Waals surface area (Å²) >= 11 is 0. The average Bonchev–Trinajstić information content (AvgIpc) is 2.68. The van der Waals surface area contributed by atoms with Crippen molar-refractivity contribution in [1.82, 2.24) is 4.90 Å². The van der Waals surface area contributed by atoms with Crippen molar-refractivity contribution in [2.45, 2.75) is 57.3 Å². The molecule has 5 heteroatoms. The summed E-state index contributed by atoms with van der Waals surface area (Å²) in [5, 5.41) is 0. The van der Waals surface area contributed by atoms with E-state index in [1.807, 2.05) is 6.07 Å². The van der Waals surface area contributed by atoms with E-state index in [0.29, 0.717) is 17.6 Å². The van der Waals surface area contributed by atoms with Gasteiger partial charge in [-0.25, -0.2) is 0 Å². The van der Waals surface area contributed by atoms with Crippen LogP contribution in [0.2, 0.25) is 0 Å². The molecule has 0 aromatic heterocycles. The molecule has 2 atom stereocenters. The third kappa shape index (κ3) is 4.25. The second-order valence-corrected chi connectivity index (χ2v) is 7.84. The number of nitrogens with zero attached hydrogens (tertiary/aromatic N) is 1. The second-order valence-electron chi connectivity index (χ2n) is 7.84. The first-order valence-electron chi connectivity index (χ1n) is 9.99. The Kier molecular flexibility index (Phi) is 5.72. The standard InChI is InChI=1S/C23H25F2NO2/c24-23(25)28-21-11-4-8-17(14-21)22(27)18-12-19-9-5-10-20(13-18)26(19)15-16-6-2-1-3-7-16/h1-4,6-8,11,14,18-20,23H,5,9-10,12-13,15H2. The van der Waals surface area contributed by atoms with Crippen LogP contribution in [0.4, 0.5) is 8.78 Å². The van der Waals surface area contributed by atoms with Gasteiger partial charge in [0.15, 0.2) is 5.78 Å². The largest absolute Gasteiger partial charge is 0.435 e. The fraction of sp³-hybridized carbons (Fsp3) is 0.435. The topological polar surface area (TPSA) is 29.5 Å². The zero-order valence-corrected chi connectivity index (χ0v) is 15.8. The van der Waals surface area contributed by atoms with E-state index in [1.165, 1.54) is 24.1 Å². The lowest BCUT2D eigenvalue weighted by Gasteiger charge is -2.48. The first-order chi connectivity index (χ1) is 13.6. The van der Waals surface area contributed by atoms with E-state index in [-0.39, 0.29) is 17.5 Å². The number of benzene rings is 2. The molecule has 2 heterocycles. The highest BCUT2D eigenvalue weighted by molar-refractivity contribution is 5.98. The van der Waals surface area contributed by atoms with Crippen LogP contribution < -0.4 is 4.74 Å². The third-order valence-corrected chi connectivity index (χ3v) is 6.05. The number of carbonyl (C=O) groups is 1. The number of carbonyl (C=O) groups excluding carboxylic acids is 1. The molecule has 2 aromatic rings. The molecule has 0 amide bonds. The molecular weight excluding hydrogens is 360 g/mol. The number of fused-ring (bicyclic) bond motifs is 2. The smallest absolute Gasteiger partial charge is 0.387 e. The highest BCUT2D eigenvalue weighted by Crippen LogP contribution is 2.39. The molecule has 0 saturated carbocycles. The molecule has 2 aromatic carbocycles. The van der Waals surface area contributed by atoms with Gasteiger partial charge in [0.05, 0.1) is 0 Å². The highest BCUT2D eigenvalue weighted by Gasteiger charge is 2.40. The summed E-state index contributed by atoms with van der Waals surface area (Å²) in [6.07, 6.45) is 5.10. The number of Topliss-reactive ketones (excluding diaryl/α,β-unsaturated/α-hetero) is 1. The first-order valence-corrected chi connectivity index (χ1v) is 9.99. The minimum Gasteiger partial charge on any atom is -0.435 e. The summed E-state index contributed by atoms with van der Waals surface area (Å²) in [5.74, 6) is 0.0441. The van der Waals surface area contributed by atoms with Crippen LogP contribution >= 0.6 is 0 Å². The van der Waals surface area contributed by atoms with Crippen LogP contribution in [-0.2, 0) is 6.54 Å². The van der Waals surface area contributed by atoms with E-state index in [0.717, 1.165) is 32.2 Å². The molecule has 0 aliphatic carbocycles. The number of alkyl halides is 2. The molecule has 2 saturated heterocycles. The SMILES string of the molecule is O=C(c1cccc(OC(F)F)c1)C1CC2CCCC(C1)N2Cc1ccccc1. The van der Waals surface area contributed by atoms with Gasteiger partial charge < -0.3 is 4.74 Å². The zero-order valence-electron chi connectivity index (χ0n) is 15.8. The summed E-state index contributed by atoms with van der Waals surface area (Å²) in [7, 11) is 0. The van der Waals surface area contributed by atoms with Crippen LogP contribution in [0.5, 0.6) is 5.75 Å². The molecule has 2 unspecified atom stereocenters. The van der Waals surface area contributed by atoms with Crippen LogP contribution in [0, 0.1) is 5.92 Å². The molecule has 2 aliphatic rings. The van der Waals surface area contributed by atoms with Gasteiger partial charge in [-0.3, -0.25) is 9.69 Å². The molecule has 28 heavy (non-hydrogen) atoms. The first kappa shape index (κ1) is 19.1. The predicted octanol–water partition coefficient (Wildman–Crippen LogP) is 5.30. The van der Waals surface area contributed by atoms with E-state index < -0.39 is 6.61 Å². The molecule has 0 radical (unpaired) electrons. The molecule has 0 spiro atoms. The zero-order chi connectivity index (χ0) is 19.5. The number of piperidine rings is 2. The number of rotatable bonds is 6. The summed E-state index contributed by atoms with van der Waals surface area (Å²) in [5.41, 5.74) is 1.78. The second kappa shape index (κ2) is 8.39. The van der Waals surface area contributed by atoms with Crippen LogP contribution in [0.15, 0.2) is 54.6 Å². The molecule has 4 rings (SSSR count). The Bertz CT molecular complexity index is 797. The summed E-state index contributed by atoms with van der Waals surface area (Å²) < 4.78 is 29.4. The van der Waals surface area contributed by atoms with Gasteiger partial charge in [-0.1, -0.05) is 48.9 Å². The Morgan fingerprint density at radius 2 is 1.75 bits per heavy atom. The fourth-order valence-electron chi connectivity index (χ4n) is 4.81. The van der Waals surface area contributed by atoms with Crippen molar-refractivity contribution < 1.29 is 18.3 Å². The van der Waals surface area contributed by atoms with Crippen LogP contribution in [-0.4, -0.2) is 29.4 Å². The number of ketones is 1. The van der Waals surface area contributed by atoms with Gasteiger partial charge in [0.25, 0.3) is 0 Å². The van der Waals surface area contributed by atoms with E-state index in [1.54, 1.807) is 12.1 Å². The average molecular weight is 385 g/mol. The summed E-state index contributed by atoms with van der Waals surface area (Å²) in [6, 6.07) is 17.5. The van der Waals surface area contributed by atoms with Gasteiger partial charge in [0.1, 0.15) is 5.75 Å². The van der Waals surface area contributed by atoms with Crippen molar-refractivity contribution in [2.75, 3.05) is 0 Å². The lowest BCUT2D eigenvalue weighted by molar-refractivity contribution is -0.0499. The van der Waals surface area contributed by atoms with Gasteiger partial charge in [-0.2, -0.15) is 8.78 Å². The Balaban J connectivity index is 1.47. The monoisotopic (exact) mass is 385 g/mol. The lowest BCUT2D eigenvalue weighted by Crippen LogP contribution is -2.52. The molecule has 2 bridgehead atoms. The molecule has 3 nitrogen and oxygen atoms in total. The highest BCUT2D eigenvalue weighted by atomic mass is 19.3. The van der Waals surface area contributed by atoms with Crippen molar-refractivity contribution >= 4 is 5.78 Å². The van der Waals surface area contributed by atoms with Gasteiger partial charge in [0, 0.05) is 30.1 Å². The van der Waals surface area contributed by atoms with E-state index in [2.05, 4.69) is 33.9 Å². The van der Waals surface area contributed by atoms with Crippen molar-refractivity contribution in [3.63, 3.8) is 0 Å². The van der Waals surface area contributed by atoms with Crippen molar-refractivity contribution in [1.29, 1.82) is 0 Å². The van der Waals surface area contributed by atoms with Gasteiger partial charge in [-0.05, 0) is 43.4 Å². The van der Waals surface area contributed by atoms with Gasteiger partial charge >= 0.3 is 6.61 Å². The third-order valence-electron chi connectivity index (χ3n) is 6.05. The van der Waals surface area contributed by atoms with E-state index in [9.17, 15) is 13.6 Å². The number of ether oxygens (including phenoxy) is 1. The van der Waals surface area contributed by atoms with Crippen LogP contribution in [0.3, 0.4) is 0 Å². The van der Waals surface area contributed by atoms with Crippen molar-refractivity contribution in [3.8, 4) is 5.75 Å². The van der Waals surface area contributed by atoms with E-state index in [4.69, 9.17) is 0 Å². The molecule has 2 aliphatic heterocycles.